The molecule has 1 aromatic carbocycles. The van der Waals surface area contributed by atoms with Crippen molar-refractivity contribution in [2.75, 3.05) is 20.2 Å². The largest absolute Gasteiger partial charge is 0.496 e. The topological polar surface area (TPSA) is 71.1 Å². The number of halogens is 3. The quantitative estimate of drug-likeness (QED) is 0.366. The van der Waals surface area contributed by atoms with E-state index in [2.05, 4.69) is 5.16 Å². The van der Waals surface area contributed by atoms with Crippen molar-refractivity contribution in [1.82, 2.24) is 4.90 Å². The Hall–Kier alpha value is -1.96. The molecule has 21 heavy (non-hydrogen) atoms. The highest BCUT2D eigenvalue weighted by atomic mass is 19.4. The second-order valence-corrected chi connectivity index (χ2v) is 4.43. The fraction of sp³-hybridized carbons (Fsp3) is 0.462. The lowest BCUT2D eigenvalue weighted by molar-refractivity contribution is -0.146. The number of oxime groups is 1. The fourth-order valence-corrected chi connectivity index (χ4v) is 1.89. The van der Waals surface area contributed by atoms with Crippen molar-refractivity contribution in [3.8, 4) is 5.75 Å². The molecule has 0 atom stereocenters. The van der Waals surface area contributed by atoms with Gasteiger partial charge in [0, 0.05) is 17.7 Å². The molecule has 0 aliphatic rings. The van der Waals surface area contributed by atoms with Crippen LogP contribution < -0.4 is 10.5 Å². The van der Waals surface area contributed by atoms with Crippen LogP contribution >= 0.6 is 0 Å². The Balaban J connectivity index is 3.03. The lowest BCUT2D eigenvalue weighted by Crippen LogP contribution is -2.33. The minimum absolute atomic E-state index is 0.0474. The van der Waals surface area contributed by atoms with Crippen molar-refractivity contribution in [3.63, 3.8) is 0 Å². The van der Waals surface area contributed by atoms with Gasteiger partial charge in [-0.25, -0.2) is 0 Å². The molecule has 0 radical (unpaired) electrons. The maximum atomic E-state index is 12.5. The minimum Gasteiger partial charge on any atom is -0.496 e. The zero-order valence-corrected chi connectivity index (χ0v) is 11.8. The maximum Gasteiger partial charge on any atom is 0.401 e. The summed E-state index contributed by atoms with van der Waals surface area (Å²) in [5.41, 5.74) is 6.43. The molecule has 1 rings (SSSR count). The number of rotatable bonds is 6. The first-order valence-corrected chi connectivity index (χ1v) is 6.24. The minimum atomic E-state index is -4.27. The molecule has 0 aliphatic carbocycles. The summed E-state index contributed by atoms with van der Waals surface area (Å²) in [6.07, 6.45) is -4.27. The number of alkyl halides is 3. The molecule has 8 heteroatoms. The van der Waals surface area contributed by atoms with Crippen molar-refractivity contribution in [2.24, 2.45) is 10.9 Å². The van der Waals surface area contributed by atoms with Gasteiger partial charge in [-0.05, 0) is 24.7 Å². The molecule has 1 aromatic rings. The van der Waals surface area contributed by atoms with E-state index in [1.54, 1.807) is 25.1 Å². The number of methoxy groups -OCH3 is 1. The van der Waals surface area contributed by atoms with Crippen LogP contribution in [0, 0.1) is 0 Å². The summed E-state index contributed by atoms with van der Waals surface area (Å²) in [6, 6.07) is 4.69. The predicted octanol–water partition coefficient (Wildman–Crippen LogP) is 2.17. The molecule has 0 aromatic heterocycles. The number of nitrogens with zero attached hydrogens (tertiary/aromatic N) is 2. The Kier molecular flexibility index (Phi) is 5.83. The summed E-state index contributed by atoms with van der Waals surface area (Å²) < 4.78 is 42.6. The average molecular weight is 305 g/mol. The first-order valence-electron chi connectivity index (χ1n) is 6.24. The van der Waals surface area contributed by atoms with Gasteiger partial charge < -0.3 is 15.7 Å². The smallest absolute Gasteiger partial charge is 0.401 e. The second-order valence-electron chi connectivity index (χ2n) is 4.43. The van der Waals surface area contributed by atoms with Crippen molar-refractivity contribution in [2.45, 2.75) is 19.6 Å². The van der Waals surface area contributed by atoms with E-state index in [1.165, 1.54) is 12.0 Å². The molecule has 0 heterocycles. The van der Waals surface area contributed by atoms with E-state index in [0.717, 1.165) is 0 Å². The highest BCUT2D eigenvalue weighted by molar-refractivity contribution is 5.97. The van der Waals surface area contributed by atoms with Crippen LogP contribution in [-0.4, -0.2) is 42.3 Å². The molecule has 0 amide bonds. The molecular formula is C13H18F3N3O2. The molecule has 0 saturated heterocycles. The van der Waals surface area contributed by atoms with Gasteiger partial charge in [0.2, 0.25) is 0 Å². The molecule has 0 saturated carbocycles. The average Bonchev–Trinajstić information content (AvgIpc) is 2.44. The molecule has 5 nitrogen and oxygen atoms in total. The van der Waals surface area contributed by atoms with E-state index in [9.17, 15) is 13.2 Å². The number of hydrogen-bond acceptors (Lipinski definition) is 4. The van der Waals surface area contributed by atoms with Crippen LogP contribution in [0.3, 0.4) is 0 Å². The van der Waals surface area contributed by atoms with E-state index in [0.29, 0.717) is 16.9 Å². The zero-order valence-electron chi connectivity index (χ0n) is 11.8. The lowest BCUT2D eigenvalue weighted by atomic mass is 10.1. The predicted molar refractivity (Wildman–Crippen MR) is 72.5 cm³/mol. The first kappa shape index (κ1) is 17.1. The number of ether oxygens (including phenoxy) is 1. The fourth-order valence-electron chi connectivity index (χ4n) is 1.89. The molecule has 3 N–H and O–H groups in total. The van der Waals surface area contributed by atoms with Crippen LogP contribution in [0.2, 0.25) is 0 Å². The van der Waals surface area contributed by atoms with Gasteiger partial charge in [-0.15, -0.1) is 0 Å². The third-order valence-corrected chi connectivity index (χ3v) is 2.93. The summed E-state index contributed by atoms with van der Waals surface area (Å²) in [6.45, 7) is 0.911. The van der Waals surface area contributed by atoms with Crippen LogP contribution in [0.4, 0.5) is 13.2 Å². The van der Waals surface area contributed by atoms with Gasteiger partial charge in [0.05, 0.1) is 13.7 Å². The van der Waals surface area contributed by atoms with E-state index in [-0.39, 0.29) is 18.9 Å². The Labute approximate surface area is 120 Å². The molecule has 0 fully saturated rings. The summed E-state index contributed by atoms with van der Waals surface area (Å²) in [5, 5.41) is 11.5. The summed E-state index contributed by atoms with van der Waals surface area (Å²) >= 11 is 0. The van der Waals surface area contributed by atoms with E-state index < -0.39 is 12.7 Å². The SMILES string of the molecule is CCN(Cc1cc(/C(N)=N/O)ccc1OC)CC(F)(F)F. The lowest BCUT2D eigenvalue weighted by Gasteiger charge is -2.23. The number of benzene rings is 1. The summed E-state index contributed by atoms with van der Waals surface area (Å²) in [5.74, 6) is 0.336. The highest BCUT2D eigenvalue weighted by Gasteiger charge is 2.30. The standard InChI is InChI=1S/C13H18F3N3O2/c1-3-19(8-13(14,15)16)7-10-6-9(12(17)18-20)4-5-11(10)21-2/h4-6,20H,3,7-8H2,1-2H3,(H2,17,18). The van der Waals surface area contributed by atoms with Gasteiger partial charge in [0.25, 0.3) is 0 Å². The maximum absolute atomic E-state index is 12.5. The Morgan fingerprint density at radius 1 is 1.43 bits per heavy atom. The zero-order chi connectivity index (χ0) is 16.0. The van der Waals surface area contributed by atoms with Gasteiger partial charge in [-0.3, -0.25) is 4.90 Å². The Bertz CT molecular complexity index is 504. The Morgan fingerprint density at radius 2 is 2.10 bits per heavy atom. The van der Waals surface area contributed by atoms with Gasteiger partial charge in [0.15, 0.2) is 5.84 Å². The second kappa shape index (κ2) is 7.16. The van der Waals surface area contributed by atoms with E-state index in [4.69, 9.17) is 15.7 Å². The number of amidine groups is 1. The normalized spacial score (nSPS) is 12.8. The first-order chi connectivity index (χ1) is 9.80. The van der Waals surface area contributed by atoms with Gasteiger partial charge >= 0.3 is 6.18 Å². The Morgan fingerprint density at radius 3 is 2.57 bits per heavy atom. The van der Waals surface area contributed by atoms with Gasteiger partial charge in [-0.1, -0.05) is 12.1 Å². The summed E-state index contributed by atoms with van der Waals surface area (Å²) in [7, 11) is 1.43. The van der Waals surface area contributed by atoms with Crippen LogP contribution in [0.1, 0.15) is 18.1 Å². The molecule has 0 bridgehead atoms. The molecule has 0 unspecified atom stereocenters. The molecule has 118 valence electrons. The number of hydrogen-bond donors (Lipinski definition) is 2. The van der Waals surface area contributed by atoms with Crippen LogP contribution in [0.5, 0.6) is 5.75 Å². The van der Waals surface area contributed by atoms with Gasteiger partial charge in [0.1, 0.15) is 5.75 Å². The van der Waals surface area contributed by atoms with Crippen LogP contribution in [0.15, 0.2) is 23.4 Å². The van der Waals surface area contributed by atoms with Gasteiger partial charge in [-0.2, -0.15) is 13.2 Å². The van der Waals surface area contributed by atoms with Crippen molar-refractivity contribution >= 4 is 5.84 Å². The van der Waals surface area contributed by atoms with Crippen molar-refractivity contribution in [1.29, 1.82) is 0 Å². The molecule has 0 spiro atoms. The van der Waals surface area contributed by atoms with E-state index in [1.807, 2.05) is 0 Å². The third kappa shape index (κ3) is 5.14. The summed E-state index contributed by atoms with van der Waals surface area (Å²) in [4.78, 5) is 1.23. The monoisotopic (exact) mass is 305 g/mol. The van der Waals surface area contributed by atoms with Crippen molar-refractivity contribution < 1.29 is 23.1 Å². The third-order valence-electron chi connectivity index (χ3n) is 2.93. The highest BCUT2D eigenvalue weighted by Crippen LogP contribution is 2.24. The number of nitrogens with two attached hydrogens (primary N) is 1. The molecule has 0 aliphatic heterocycles. The van der Waals surface area contributed by atoms with E-state index >= 15 is 0 Å². The van der Waals surface area contributed by atoms with Crippen molar-refractivity contribution in [3.05, 3.63) is 29.3 Å². The van der Waals surface area contributed by atoms with Crippen LogP contribution in [0.25, 0.3) is 0 Å². The van der Waals surface area contributed by atoms with Crippen LogP contribution in [-0.2, 0) is 6.54 Å². The molecular weight excluding hydrogens is 287 g/mol.